The molecule has 100 valence electrons. The summed E-state index contributed by atoms with van der Waals surface area (Å²) in [7, 11) is 1.71. The Morgan fingerprint density at radius 3 is 2.68 bits per heavy atom. The molecular formula is C15H18N2O2. The lowest BCUT2D eigenvalue weighted by atomic mass is 10.1. The second-order valence-corrected chi connectivity index (χ2v) is 5.08. The molecule has 0 aliphatic carbocycles. The van der Waals surface area contributed by atoms with E-state index in [2.05, 4.69) is 5.32 Å². The summed E-state index contributed by atoms with van der Waals surface area (Å²) < 4.78 is 1.55. The SMILES string of the molecule is CC(C)CNC(=O)c1cc(=O)n(C)c2ccccc12. The standard InChI is InChI=1S/C15H18N2O2/c1-10(2)9-16-15(19)12-8-14(18)17(3)13-7-5-4-6-11(12)13/h4-8,10H,9H2,1-3H3,(H,16,19). The minimum atomic E-state index is -0.192. The number of pyridine rings is 1. The van der Waals surface area contributed by atoms with E-state index < -0.39 is 0 Å². The fourth-order valence-corrected chi connectivity index (χ4v) is 1.99. The van der Waals surface area contributed by atoms with E-state index in [1.165, 1.54) is 6.07 Å². The molecule has 1 aromatic carbocycles. The Bertz CT molecular complexity index is 671. The second-order valence-electron chi connectivity index (χ2n) is 5.08. The van der Waals surface area contributed by atoms with Crippen molar-refractivity contribution in [1.29, 1.82) is 0 Å². The van der Waals surface area contributed by atoms with Crippen molar-refractivity contribution in [2.24, 2.45) is 13.0 Å². The lowest BCUT2D eigenvalue weighted by molar-refractivity contribution is 0.0950. The Labute approximate surface area is 112 Å². The number of carbonyl (C=O) groups excluding carboxylic acids is 1. The minimum absolute atomic E-state index is 0.173. The molecule has 1 aromatic heterocycles. The number of aryl methyl sites for hydroxylation is 1. The third kappa shape index (κ3) is 2.67. The van der Waals surface area contributed by atoms with Gasteiger partial charge in [0.2, 0.25) is 0 Å². The van der Waals surface area contributed by atoms with E-state index in [1.54, 1.807) is 11.6 Å². The van der Waals surface area contributed by atoms with Gasteiger partial charge >= 0.3 is 0 Å². The Balaban J connectivity index is 2.52. The van der Waals surface area contributed by atoms with Crippen LogP contribution in [0.5, 0.6) is 0 Å². The molecule has 2 rings (SSSR count). The van der Waals surface area contributed by atoms with E-state index in [0.717, 1.165) is 10.9 Å². The molecule has 1 amide bonds. The normalized spacial score (nSPS) is 10.9. The molecule has 0 saturated heterocycles. The smallest absolute Gasteiger partial charge is 0.252 e. The maximum atomic E-state index is 12.2. The molecule has 1 heterocycles. The summed E-state index contributed by atoms with van der Waals surface area (Å²) in [5.74, 6) is 0.185. The zero-order valence-corrected chi connectivity index (χ0v) is 11.4. The number of aromatic nitrogens is 1. The van der Waals surface area contributed by atoms with Gasteiger partial charge in [-0.25, -0.2) is 0 Å². The number of hydrogen-bond acceptors (Lipinski definition) is 2. The molecule has 0 aliphatic heterocycles. The number of benzene rings is 1. The third-order valence-corrected chi connectivity index (χ3v) is 3.07. The van der Waals surface area contributed by atoms with Gasteiger partial charge in [-0.05, 0) is 12.0 Å². The van der Waals surface area contributed by atoms with Crippen LogP contribution in [0.1, 0.15) is 24.2 Å². The molecule has 0 fully saturated rings. The molecule has 0 unspecified atom stereocenters. The van der Waals surface area contributed by atoms with Crippen LogP contribution in [0.4, 0.5) is 0 Å². The number of nitrogens with zero attached hydrogens (tertiary/aromatic N) is 1. The quantitative estimate of drug-likeness (QED) is 0.914. The third-order valence-electron chi connectivity index (χ3n) is 3.07. The van der Waals surface area contributed by atoms with Crippen molar-refractivity contribution in [3.05, 3.63) is 46.2 Å². The highest BCUT2D eigenvalue weighted by molar-refractivity contribution is 6.06. The van der Waals surface area contributed by atoms with E-state index in [4.69, 9.17) is 0 Å². The van der Waals surface area contributed by atoms with Crippen LogP contribution in [0.15, 0.2) is 35.1 Å². The number of amides is 1. The van der Waals surface area contributed by atoms with Crippen molar-refractivity contribution in [2.75, 3.05) is 6.54 Å². The Morgan fingerprint density at radius 2 is 2.00 bits per heavy atom. The summed E-state index contributed by atoms with van der Waals surface area (Å²) >= 11 is 0. The van der Waals surface area contributed by atoms with Crippen LogP contribution in [-0.2, 0) is 7.05 Å². The van der Waals surface area contributed by atoms with Gasteiger partial charge in [-0.1, -0.05) is 32.0 Å². The van der Waals surface area contributed by atoms with Gasteiger partial charge in [0.15, 0.2) is 0 Å². The highest BCUT2D eigenvalue weighted by atomic mass is 16.2. The largest absolute Gasteiger partial charge is 0.352 e. The van der Waals surface area contributed by atoms with Crippen LogP contribution in [0.2, 0.25) is 0 Å². The van der Waals surface area contributed by atoms with Gasteiger partial charge in [0.05, 0.1) is 11.1 Å². The van der Waals surface area contributed by atoms with E-state index in [0.29, 0.717) is 18.0 Å². The van der Waals surface area contributed by atoms with E-state index in [1.807, 2.05) is 38.1 Å². The fourth-order valence-electron chi connectivity index (χ4n) is 1.99. The Morgan fingerprint density at radius 1 is 1.32 bits per heavy atom. The van der Waals surface area contributed by atoms with E-state index >= 15 is 0 Å². The molecule has 0 atom stereocenters. The molecule has 0 aliphatic rings. The first-order valence-electron chi connectivity index (χ1n) is 6.37. The lowest BCUT2D eigenvalue weighted by Gasteiger charge is -2.11. The van der Waals surface area contributed by atoms with Crippen LogP contribution < -0.4 is 10.9 Å². The summed E-state index contributed by atoms with van der Waals surface area (Å²) in [6.07, 6.45) is 0. The molecular weight excluding hydrogens is 240 g/mol. The van der Waals surface area contributed by atoms with Crippen LogP contribution in [0, 0.1) is 5.92 Å². The maximum absolute atomic E-state index is 12.2. The predicted molar refractivity (Wildman–Crippen MR) is 76.4 cm³/mol. The molecule has 4 heteroatoms. The Kier molecular flexibility index (Phi) is 3.69. The van der Waals surface area contributed by atoms with E-state index in [-0.39, 0.29) is 11.5 Å². The lowest BCUT2D eigenvalue weighted by Crippen LogP contribution is -2.29. The average Bonchev–Trinajstić information content (AvgIpc) is 2.40. The van der Waals surface area contributed by atoms with Crippen molar-refractivity contribution < 1.29 is 4.79 Å². The summed E-state index contributed by atoms with van der Waals surface area (Å²) in [6.45, 7) is 4.66. The van der Waals surface area contributed by atoms with Gasteiger partial charge in [0.25, 0.3) is 11.5 Å². The molecule has 0 saturated carbocycles. The molecule has 0 bridgehead atoms. The number of nitrogens with one attached hydrogen (secondary N) is 1. The summed E-state index contributed by atoms with van der Waals surface area (Å²) in [4.78, 5) is 24.0. The van der Waals surface area contributed by atoms with Crippen molar-refractivity contribution >= 4 is 16.8 Å². The van der Waals surface area contributed by atoms with Crippen molar-refractivity contribution in [2.45, 2.75) is 13.8 Å². The Hall–Kier alpha value is -2.10. The topological polar surface area (TPSA) is 51.1 Å². The van der Waals surface area contributed by atoms with Crippen LogP contribution in [0.25, 0.3) is 10.9 Å². The predicted octanol–water partition coefficient (Wildman–Crippen LogP) is 1.92. The minimum Gasteiger partial charge on any atom is -0.352 e. The van der Waals surface area contributed by atoms with Crippen LogP contribution in [0.3, 0.4) is 0 Å². The first kappa shape index (κ1) is 13.3. The summed E-state index contributed by atoms with van der Waals surface area (Å²) in [6, 6.07) is 8.83. The van der Waals surface area contributed by atoms with Gasteiger partial charge in [0.1, 0.15) is 0 Å². The van der Waals surface area contributed by atoms with Crippen molar-refractivity contribution in [1.82, 2.24) is 9.88 Å². The van der Waals surface area contributed by atoms with Crippen LogP contribution in [-0.4, -0.2) is 17.0 Å². The van der Waals surface area contributed by atoms with Crippen molar-refractivity contribution in [3.63, 3.8) is 0 Å². The van der Waals surface area contributed by atoms with Crippen LogP contribution >= 0.6 is 0 Å². The number of fused-ring (bicyclic) bond motifs is 1. The number of carbonyl (C=O) groups is 1. The highest BCUT2D eigenvalue weighted by Crippen LogP contribution is 2.16. The van der Waals surface area contributed by atoms with Gasteiger partial charge in [-0.15, -0.1) is 0 Å². The monoisotopic (exact) mass is 258 g/mol. The van der Waals surface area contributed by atoms with E-state index in [9.17, 15) is 9.59 Å². The average molecular weight is 258 g/mol. The summed E-state index contributed by atoms with van der Waals surface area (Å²) in [5, 5.41) is 3.65. The molecule has 4 nitrogen and oxygen atoms in total. The summed E-state index contributed by atoms with van der Waals surface area (Å²) in [5.41, 5.74) is 1.04. The maximum Gasteiger partial charge on any atom is 0.252 e. The second kappa shape index (κ2) is 5.26. The van der Waals surface area contributed by atoms with Gasteiger partial charge in [-0.2, -0.15) is 0 Å². The molecule has 0 spiro atoms. The fraction of sp³-hybridized carbons (Fsp3) is 0.333. The molecule has 1 N–H and O–H groups in total. The zero-order chi connectivity index (χ0) is 14.0. The first-order valence-corrected chi connectivity index (χ1v) is 6.37. The van der Waals surface area contributed by atoms with Crippen molar-refractivity contribution in [3.8, 4) is 0 Å². The molecule has 2 aromatic rings. The first-order chi connectivity index (χ1) is 9.00. The zero-order valence-electron chi connectivity index (χ0n) is 11.4. The van der Waals surface area contributed by atoms with Gasteiger partial charge in [0, 0.05) is 25.0 Å². The number of hydrogen-bond donors (Lipinski definition) is 1. The van der Waals surface area contributed by atoms with Gasteiger partial charge < -0.3 is 9.88 Å². The highest BCUT2D eigenvalue weighted by Gasteiger charge is 2.13. The van der Waals surface area contributed by atoms with Gasteiger partial charge in [-0.3, -0.25) is 9.59 Å². The number of para-hydroxylation sites is 1. The molecule has 19 heavy (non-hydrogen) atoms. The molecule has 0 radical (unpaired) electrons. The number of rotatable bonds is 3.